The zero-order chi connectivity index (χ0) is 14.7. The van der Waals surface area contributed by atoms with Crippen molar-refractivity contribution in [1.29, 1.82) is 0 Å². The monoisotopic (exact) mass is 274 g/mol. The third-order valence-electron chi connectivity index (χ3n) is 2.76. The van der Waals surface area contributed by atoms with Crippen LogP contribution in [-0.2, 0) is 4.79 Å². The van der Waals surface area contributed by atoms with Gasteiger partial charge in [0.25, 0.3) is 5.78 Å². The molecule has 104 valence electrons. The molecule has 20 heavy (non-hydrogen) atoms. The third kappa shape index (κ3) is 2.69. The molecule has 0 bridgehead atoms. The van der Waals surface area contributed by atoms with E-state index in [0.717, 1.165) is 16.9 Å². The second-order valence-electron chi connectivity index (χ2n) is 4.19. The quantitative estimate of drug-likeness (QED) is 0.643. The van der Waals surface area contributed by atoms with E-state index < -0.39 is 11.8 Å². The van der Waals surface area contributed by atoms with Gasteiger partial charge < -0.3 is 14.8 Å². The minimum atomic E-state index is -1.51. The van der Waals surface area contributed by atoms with Crippen LogP contribution in [-0.4, -0.2) is 33.4 Å². The van der Waals surface area contributed by atoms with E-state index in [-0.39, 0.29) is 5.69 Å². The molecule has 2 aromatic rings. The zero-order valence-electron chi connectivity index (χ0n) is 11.1. The van der Waals surface area contributed by atoms with E-state index in [1.165, 1.54) is 6.20 Å². The maximum atomic E-state index is 11.3. The molecule has 0 fully saturated rings. The summed E-state index contributed by atoms with van der Waals surface area (Å²) >= 11 is 0. The van der Waals surface area contributed by atoms with Gasteiger partial charge in [0.05, 0.1) is 12.8 Å². The van der Waals surface area contributed by atoms with Crippen LogP contribution in [0.2, 0.25) is 0 Å². The predicted molar refractivity (Wildman–Crippen MR) is 71.9 cm³/mol. The minimum Gasteiger partial charge on any atom is -0.494 e. The molecule has 0 radical (unpaired) electrons. The molecule has 0 amide bonds. The number of carbonyl (C=O) groups excluding carboxylic acids is 1. The highest BCUT2D eigenvalue weighted by Crippen LogP contribution is 2.24. The van der Waals surface area contributed by atoms with Crippen molar-refractivity contribution >= 4 is 11.8 Å². The van der Waals surface area contributed by atoms with Crippen molar-refractivity contribution < 1.29 is 19.4 Å². The van der Waals surface area contributed by atoms with Gasteiger partial charge in [-0.25, -0.2) is 9.78 Å². The van der Waals surface area contributed by atoms with Gasteiger partial charge >= 0.3 is 5.97 Å². The van der Waals surface area contributed by atoms with Gasteiger partial charge in [-0.15, -0.1) is 0 Å². The molecular formula is C14H14N2O4. The molecule has 0 aliphatic heterocycles. The Labute approximate surface area is 115 Å². The minimum absolute atomic E-state index is 0.0426. The Morgan fingerprint density at radius 1 is 1.40 bits per heavy atom. The highest BCUT2D eigenvalue weighted by molar-refractivity contribution is 6.39. The van der Waals surface area contributed by atoms with Gasteiger partial charge in [0, 0.05) is 5.56 Å². The average molecular weight is 274 g/mol. The first kappa shape index (κ1) is 13.8. The van der Waals surface area contributed by atoms with Crippen LogP contribution in [0.1, 0.15) is 23.0 Å². The van der Waals surface area contributed by atoms with E-state index in [1.807, 2.05) is 26.0 Å². The number of aromatic amines is 1. The smallest absolute Gasteiger partial charge is 0.378 e. The molecule has 0 aliphatic carbocycles. The number of carboxylic acids is 1. The summed E-state index contributed by atoms with van der Waals surface area (Å²) in [4.78, 5) is 28.6. The number of hydrogen-bond acceptors (Lipinski definition) is 4. The van der Waals surface area contributed by atoms with E-state index in [2.05, 4.69) is 9.97 Å². The van der Waals surface area contributed by atoms with Crippen LogP contribution in [0.3, 0.4) is 0 Å². The standard InChI is InChI=1S/C14H14N2O4/c1-3-20-11-5-4-9(6-8(11)2)13-15-7-10(16-13)12(17)14(18)19/h4-7H,3H2,1-2H3,(H,15,16)(H,18,19). The molecular weight excluding hydrogens is 260 g/mol. The molecule has 0 saturated carbocycles. The number of benzene rings is 1. The second kappa shape index (κ2) is 5.56. The predicted octanol–water partition coefficient (Wildman–Crippen LogP) is 2.05. The van der Waals surface area contributed by atoms with Crippen molar-refractivity contribution in [1.82, 2.24) is 9.97 Å². The lowest BCUT2D eigenvalue weighted by Crippen LogP contribution is -2.12. The molecule has 1 heterocycles. The third-order valence-corrected chi connectivity index (χ3v) is 2.76. The number of H-pyrrole nitrogens is 1. The number of aliphatic carboxylic acids is 1. The van der Waals surface area contributed by atoms with Crippen molar-refractivity contribution in [2.75, 3.05) is 6.61 Å². The summed E-state index contributed by atoms with van der Waals surface area (Å²) in [6, 6.07) is 5.47. The molecule has 6 heteroatoms. The van der Waals surface area contributed by atoms with Crippen LogP contribution in [0.15, 0.2) is 24.4 Å². The lowest BCUT2D eigenvalue weighted by molar-refractivity contribution is -0.131. The first-order valence-electron chi connectivity index (χ1n) is 6.09. The van der Waals surface area contributed by atoms with Crippen LogP contribution in [0.4, 0.5) is 0 Å². The summed E-state index contributed by atoms with van der Waals surface area (Å²) in [6.45, 7) is 4.39. The Morgan fingerprint density at radius 2 is 2.15 bits per heavy atom. The molecule has 2 rings (SSSR count). The number of rotatable bonds is 5. The van der Waals surface area contributed by atoms with E-state index in [9.17, 15) is 9.59 Å². The zero-order valence-corrected chi connectivity index (χ0v) is 11.1. The molecule has 0 unspecified atom stereocenters. The fourth-order valence-corrected chi connectivity index (χ4v) is 1.81. The maximum Gasteiger partial charge on any atom is 0.378 e. The first-order valence-corrected chi connectivity index (χ1v) is 6.09. The molecule has 0 aliphatic rings. The van der Waals surface area contributed by atoms with E-state index in [1.54, 1.807) is 6.07 Å². The maximum absolute atomic E-state index is 11.3. The summed E-state index contributed by atoms with van der Waals surface area (Å²) in [7, 11) is 0. The van der Waals surface area contributed by atoms with Crippen molar-refractivity contribution in [3.8, 4) is 17.1 Å². The lowest BCUT2D eigenvalue weighted by atomic mass is 10.1. The van der Waals surface area contributed by atoms with Crippen LogP contribution in [0.5, 0.6) is 5.75 Å². The van der Waals surface area contributed by atoms with E-state index in [4.69, 9.17) is 9.84 Å². The fourth-order valence-electron chi connectivity index (χ4n) is 1.81. The van der Waals surface area contributed by atoms with Gasteiger partial charge in [-0.05, 0) is 37.6 Å². The lowest BCUT2D eigenvalue weighted by Gasteiger charge is -2.07. The van der Waals surface area contributed by atoms with Crippen LogP contribution >= 0.6 is 0 Å². The number of ether oxygens (including phenoxy) is 1. The number of Topliss-reactive ketones (excluding diaryl/α,β-unsaturated/α-hetero) is 1. The molecule has 1 aromatic heterocycles. The number of carboxylic acid groups (broad SMARTS) is 1. The van der Waals surface area contributed by atoms with Crippen LogP contribution < -0.4 is 4.74 Å². The van der Waals surface area contributed by atoms with Gasteiger partial charge in [-0.2, -0.15) is 0 Å². The largest absolute Gasteiger partial charge is 0.494 e. The topological polar surface area (TPSA) is 92.3 Å². The Bertz CT molecular complexity index is 661. The number of carbonyl (C=O) groups is 2. The fraction of sp³-hybridized carbons (Fsp3) is 0.214. The van der Waals surface area contributed by atoms with E-state index in [0.29, 0.717) is 12.4 Å². The van der Waals surface area contributed by atoms with Gasteiger partial charge in [0.15, 0.2) is 0 Å². The Kier molecular flexibility index (Phi) is 3.84. The molecule has 1 aromatic carbocycles. The van der Waals surface area contributed by atoms with Crippen molar-refractivity contribution in [2.24, 2.45) is 0 Å². The SMILES string of the molecule is CCOc1ccc(-c2ncc(C(=O)C(=O)O)[nH]2)cc1C. The van der Waals surface area contributed by atoms with Gasteiger partial charge in [0.2, 0.25) is 0 Å². The summed E-state index contributed by atoms with van der Waals surface area (Å²) in [5, 5.41) is 8.64. The number of imidazole rings is 1. The molecule has 0 spiro atoms. The summed E-state index contributed by atoms with van der Waals surface area (Å²) in [5.41, 5.74) is 1.65. The number of hydrogen-bond donors (Lipinski definition) is 2. The van der Waals surface area contributed by atoms with Crippen LogP contribution in [0, 0.1) is 6.92 Å². The number of nitrogens with zero attached hydrogens (tertiary/aromatic N) is 1. The average Bonchev–Trinajstić information content (AvgIpc) is 2.90. The van der Waals surface area contributed by atoms with Crippen molar-refractivity contribution in [3.63, 3.8) is 0 Å². The summed E-state index contributed by atoms with van der Waals surface area (Å²) < 4.78 is 5.44. The highest BCUT2D eigenvalue weighted by Gasteiger charge is 2.17. The van der Waals surface area contributed by atoms with Crippen molar-refractivity contribution in [2.45, 2.75) is 13.8 Å². The number of aromatic nitrogens is 2. The van der Waals surface area contributed by atoms with Gasteiger partial charge in [0.1, 0.15) is 17.3 Å². The second-order valence-corrected chi connectivity index (χ2v) is 4.19. The Hall–Kier alpha value is -2.63. The highest BCUT2D eigenvalue weighted by atomic mass is 16.5. The van der Waals surface area contributed by atoms with E-state index >= 15 is 0 Å². The summed E-state index contributed by atoms with van der Waals surface area (Å²) in [6.07, 6.45) is 1.22. The van der Waals surface area contributed by atoms with Crippen molar-refractivity contribution in [3.05, 3.63) is 35.7 Å². The number of aryl methyl sites for hydroxylation is 1. The molecule has 2 N–H and O–H groups in total. The van der Waals surface area contributed by atoms with Gasteiger partial charge in [-0.3, -0.25) is 4.79 Å². The number of nitrogens with one attached hydrogen (secondary N) is 1. The summed E-state index contributed by atoms with van der Waals surface area (Å²) in [5.74, 6) is -1.29. The Morgan fingerprint density at radius 3 is 2.75 bits per heavy atom. The van der Waals surface area contributed by atoms with Crippen LogP contribution in [0.25, 0.3) is 11.4 Å². The normalized spacial score (nSPS) is 10.3. The molecule has 0 saturated heterocycles. The first-order chi connectivity index (χ1) is 9.52. The molecule has 0 atom stereocenters. The number of ketones is 1. The molecule has 6 nitrogen and oxygen atoms in total. The van der Waals surface area contributed by atoms with Gasteiger partial charge in [-0.1, -0.05) is 0 Å². The Balaban J connectivity index is 2.31.